The van der Waals surface area contributed by atoms with Gasteiger partial charge in [-0.05, 0) is 96.3 Å². The minimum absolute atomic E-state index is 0.0149. The summed E-state index contributed by atoms with van der Waals surface area (Å²) in [6.45, 7) is 6.23. The molecule has 0 saturated heterocycles. The number of aliphatic hydroxyl groups is 2. The molecule has 1 amide bonds. The first-order valence-electron chi connectivity index (χ1n) is 27.1. The fourth-order valence-corrected chi connectivity index (χ4v) is 7.59. The molecule has 3 atom stereocenters. The summed E-state index contributed by atoms with van der Waals surface area (Å²) in [6, 6.07) is -0.736. The zero-order valence-electron chi connectivity index (χ0n) is 42.8. The lowest BCUT2D eigenvalue weighted by Gasteiger charge is -2.24. The van der Waals surface area contributed by atoms with E-state index in [1.807, 2.05) is 6.08 Å². The molecule has 0 aromatic rings. The number of nitrogens with one attached hydrogen (secondary N) is 1. The molecule has 66 heavy (non-hydrogen) atoms. The fraction of sp³-hybridized carbons (Fsp3) is 0.667. The van der Waals surface area contributed by atoms with E-state index in [1.165, 1.54) is 83.5 Å². The molecular weight excluding hydrogens is 815 g/mol. The maximum Gasteiger partial charge on any atom is 0.306 e. The second kappa shape index (κ2) is 52.5. The lowest BCUT2D eigenvalue weighted by Crippen LogP contribution is -2.46. The number of ether oxygens (including phenoxy) is 1. The predicted molar refractivity (Wildman–Crippen MR) is 287 cm³/mol. The third kappa shape index (κ3) is 47.0. The summed E-state index contributed by atoms with van der Waals surface area (Å²) in [5.74, 6) is -0.620. The monoisotopic (exact) mass is 916 g/mol. The van der Waals surface area contributed by atoms with Crippen molar-refractivity contribution in [2.45, 2.75) is 251 Å². The Morgan fingerprint density at radius 1 is 0.455 bits per heavy atom. The van der Waals surface area contributed by atoms with Gasteiger partial charge >= 0.3 is 5.97 Å². The van der Waals surface area contributed by atoms with Gasteiger partial charge in [0.15, 0.2) is 0 Å². The number of carbonyl (C=O) groups excluding carboxylic acids is 2. The Balaban J connectivity index is 4.68. The number of unbranched alkanes of at least 4 members (excludes halogenated alkanes) is 17. The van der Waals surface area contributed by atoms with E-state index in [9.17, 15) is 19.8 Å². The summed E-state index contributed by atoms with van der Waals surface area (Å²) in [7, 11) is 0. The summed E-state index contributed by atoms with van der Waals surface area (Å²) in [5.41, 5.74) is 0. The van der Waals surface area contributed by atoms with Crippen LogP contribution in [0.1, 0.15) is 233 Å². The molecule has 0 aromatic heterocycles. The molecular formula is C60H101NO5. The average Bonchev–Trinajstić information content (AvgIpc) is 3.31. The number of aliphatic hydroxyl groups excluding tert-OH is 2. The highest BCUT2D eigenvalue weighted by molar-refractivity contribution is 5.77. The van der Waals surface area contributed by atoms with Crippen molar-refractivity contribution in [3.63, 3.8) is 0 Å². The highest BCUT2D eigenvalue weighted by Gasteiger charge is 2.24. The van der Waals surface area contributed by atoms with E-state index in [1.54, 1.807) is 0 Å². The van der Waals surface area contributed by atoms with Crippen LogP contribution in [0.4, 0.5) is 0 Å². The topological polar surface area (TPSA) is 95.9 Å². The molecule has 0 heterocycles. The molecule has 0 aliphatic rings. The van der Waals surface area contributed by atoms with Gasteiger partial charge in [0, 0.05) is 6.42 Å². The Morgan fingerprint density at radius 3 is 1.23 bits per heavy atom. The first-order chi connectivity index (χ1) is 32.5. The molecule has 6 nitrogen and oxygen atoms in total. The predicted octanol–water partition coefficient (Wildman–Crippen LogP) is 16.7. The average molecular weight is 916 g/mol. The van der Waals surface area contributed by atoms with E-state index in [-0.39, 0.29) is 31.3 Å². The van der Waals surface area contributed by atoms with Gasteiger partial charge in [-0.25, -0.2) is 0 Å². The molecule has 0 bridgehead atoms. The fourth-order valence-electron chi connectivity index (χ4n) is 7.59. The third-order valence-corrected chi connectivity index (χ3v) is 11.6. The van der Waals surface area contributed by atoms with Gasteiger partial charge in [-0.3, -0.25) is 9.59 Å². The van der Waals surface area contributed by atoms with Crippen LogP contribution in [0.5, 0.6) is 0 Å². The van der Waals surface area contributed by atoms with Crippen molar-refractivity contribution in [2.75, 3.05) is 6.61 Å². The highest BCUT2D eigenvalue weighted by atomic mass is 16.5. The summed E-state index contributed by atoms with van der Waals surface area (Å²) in [6.07, 6.45) is 71.6. The summed E-state index contributed by atoms with van der Waals surface area (Å²) < 4.78 is 5.87. The van der Waals surface area contributed by atoms with Crippen molar-refractivity contribution in [2.24, 2.45) is 0 Å². The Bertz CT molecular complexity index is 1350. The zero-order chi connectivity index (χ0) is 48.1. The van der Waals surface area contributed by atoms with Crippen molar-refractivity contribution in [3.05, 3.63) is 109 Å². The van der Waals surface area contributed by atoms with Gasteiger partial charge in [-0.1, -0.05) is 233 Å². The van der Waals surface area contributed by atoms with Crippen molar-refractivity contribution in [1.29, 1.82) is 0 Å². The van der Waals surface area contributed by atoms with E-state index < -0.39 is 18.2 Å². The zero-order valence-corrected chi connectivity index (χ0v) is 42.8. The Morgan fingerprint density at radius 2 is 0.818 bits per heavy atom. The first kappa shape index (κ1) is 62.5. The second-order valence-electron chi connectivity index (χ2n) is 17.9. The first-order valence-corrected chi connectivity index (χ1v) is 27.1. The van der Waals surface area contributed by atoms with Crippen LogP contribution in [0.3, 0.4) is 0 Å². The number of rotatable bonds is 47. The molecule has 0 spiro atoms. The minimum Gasteiger partial charge on any atom is -0.462 e. The van der Waals surface area contributed by atoms with Crippen LogP contribution in [-0.4, -0.2) is 46.9 Å². The number of amides is 1. The third-order valence-electron chi connectivity index (χ3n) is 11.6. The smallest absolute Gasteiger partial charge is 0.306 e. The van der Waals surface area contributed by atoms with Crippen LogP contribution in [0.25, 0.3) is 0 Å². The summed E-state index contributed by atoms with van der Waals surface area (Å²) >= 11 is 0. The molecule has 0 radical (unpaired) electrons. The standard InChI is InChI=1S/C60H101NO5/c1-4-7-10-13-16-19-22-25-27-29-30-31-33-35-38-41-44-47-50-53-60(65)66-56(51-48-45-42-39-36-24-21-18-15-12-9-6-3)54-59(64)61-57(55-62)58(63)52-49-46-43-40-37-34-32-28-26-23-20-17-14-11-8-5-2/h7,9-10,12,16,18-19,21,25,27,30-31,35-36,38-39,44,47,56-58,62-63H,4-6,8,11,13-15,17,20,22-24,26,28-29,32-34,37,40-43,45-46,48-55H2,1-3H3,(H,61,64)/b10-7-,12-9+,19-16-,21-18+,27-25-,31-30-,38-35-,39-36+,47-44-. The molecule has 3 unspecified atom stereocenters. The Kier molecular flexibility index (Phi) is 49.7. The van der Waals surface area contributed by atoms with E-state index in [2.05, 4.69) is 129 Å². The lowest BCUT2D eigenvalue weighted by molar-refractivity contribution is -0.150. The molecule has 0 aliphatic carbocycles. The maximum atomic E-state index is 13.2. The molecule has 376 valence electrons. The largest absolute Gasteiger partial charge is 0.462 e. The molecule has 0 aromatic carbocycles. The van der Waals surface area contributed by atoms with Crippen LogP contribution < -0.4 is 5.32 Å². The van der Waals surface area contributed by atoms with Crippen molar-refractivity contribution >= 4 is 11.9 Å². The normalized spacial score (nSPS) is 14.1. The van der Waals surface area contributed by atoms with Crippen LogP contribution >= 0.6 is 0 Å². The Labute approximate surface area is 407 Å². The second-order valence-corrected chi connectivity index (χ2v) is 17.9. The van der Waals surface area contributed by atoms with Crippen molar-refractivity contribution in [1.82, 2.24) is 5.32 Å². The van der Waals surface area contributed by atoms with E-state index in [0.717, 1.165) is 96.3 Å². The molecule has 0 rings (SSSR count). The van der Waals surface area contributed by atoms with Gasteiger partial charge < -0.3 is 20.3 Å². The molecule has 0 aliphatic heterocycles. The minimum atomic E-state index is -0.817. The SMILES string of the molecule is CC/C=C\C/C=C\C/C=C\C/C=C\C/C=C\C/C=C\CCC(=O)OC(CCCC/C=C/C/C=C/C/C=C/CC)CC(=O)NC(CO)C(O)CCCCCCCCCCCCCCCCCC. The van der Waals surface area contributed by atoms with Crippen LogP contribution in [-0.2, 0) is 14.3 Å². The Hall–Kier alpha value is -3.48. The van der Waals surface area contributed by atoms with Gasteiger partial charge in [0.05, 0.1) is 25.2 Å². The van der Waals surface area contributed by atoms with E-state index >= 15 is 0 Å². The van der Waals surface area contributed by atoms with Gasteiger partial charge in [-0.2, -0.15) is 0 Å². The van der Waals surface area contributed by atoms with Crippen molar-refractivity contribution in [3.8, 4) is 0 Å². The van der Waals surface area contributed by atoms with Gasteiger partial charge in [0.1, 0.15) is 6.10 Å². The summed E-state index contributed by atoms with van der Waals surface area (Å²) in [4.78, 5) is 26.1. The van der Waals surface area contributed by atoms with Gasteiger partial charge in [0.2, 0.25) is 5.91 Å². The van der Waals surface area contributed by atoms with E-state index in [4.69, 9.17) is 4.74 Å². The van der Waals surface area contributed by atoms with Crippen LogP contribution in [0.15, 0.2) is 109 Å². The van der Waals surface area contributed by atoms with E-state index in [0.29, 0.717) is 19.3 Å². The maximum absolute atomic E-state index is 13.2. The highest BCUT2D eigenvalue weighted by Crippen LogP contribution is 2.17. The number of carbonyl (C=O) groups is 2. The quantitative estimate of drug-likeness (QED) is 0.0321. The number of hydrogen-bond acceptors (Lipinski definition) is 5. The molecule has 0 fully saturated rings. The van der Waals surface area contributed by atoms with Crippen LogP contribution in [0.2, 0.25) is 0 Å². The van der Waals surface area contributed by atoms with Crippen LogP contribution in [0, 0.1) is 0 Å². The molecule has 6 heteroatoms. The molecule has 3 N–H and O–H groups in total. The van der Waals surface area contributed by atoms with Gasteiger partial charge in [0.25, 0.3) is 0 Å². The number of hydrogen-bond donors (Lipinski definition) is 3. The summed E-state index contributed by atoms with van der Waals surface area (Å²) in [5, 5.41) is 23.8. The van der Waals surface area contributed by atoms with Gasteiger partial charge in [-0.15, -0.1) is 0 Å². The number of allylic oxidation sites excluding steroid dienone is 18. The van der Waals surface area contributed by atoms with Crippen molar-refractivity contribution < 1.29 is 24.5 Å². The number of esters is 1. The lowest BCUT2D eigenvalue weighted by atomic mass is 10.0. The molecule has 0 saturated carbocycles.